The van der Waals surface area contributed by atoms with Gasteiger partial charge in [-0.3, -0.25) is 9.58 Å². The van der Waals surface area contributed by atoms with E-state index in [1.807, 2.05) is 18.5 Å². The van der Waals surface area contributed by atoms with Crippen LogP contribution in [-0.4, -0.2) is 59.6 Å². The lowest BCUT2D eigenvalue weighted by Gasteiger charge is -2.28. The third kappa shape index (κ3) is 4.30. The number of esters is 1. The van der Waals surface area contributed by atoms with Crippen molar-refractivity contribution in [3.05, 3.63) is 17.5 Å². The van der Waals surface area contributed by atoms with E-state index in [1.54, 1.807) is 6.07 Å². The smallest absolute Gasteiger partial charge is 0.359 e. The molecule has 0 aliphatic carbocycles. The fraction of sp³-hybridized carbons (Fsp3) is 0.750. The molecule has 22 heavy (non-hydrogen) atoms. The summed E-state index contributed by atoms with van der Waals surface area (Å²) in [6.07, 6.45) is -0.161. The van der Waals surface area contributed by atoms with Gasteiger partial charge in [-0.05, 0) is 40.7 Å². The molecule has 0 bridgehead atoms. The third-order valence-electron chi connectivity index (χ3n) is 3.66. The highest BCUT2D eigenvalue weighted by Gasteiger charge is 2.23. The zero-order chi connectivity index (χ0) is 16.3. The van der Waals surface area contributed by atoms with Crippen molar-refractivity contribution in [2.45, 2.75) is 46.3 Å². The maximum atomic E-state index is 12.2. The summed E-state index contributed by atoms with van der Waals surface area (Å²) < 4.78 is 12.7. The van der Waals surface area contributed by atoms with Crippen molar-refractivity contribution in [3.8, 4) is 0 Å². The molecule has 0 aromatic carbocycles. The van der Waals surface area contributed by atoms with E-state index in [9.17, 15) is 4.79 Å². The van der Waals surface area contributed by atoms with Crippen molar-refractivity contribution < 1.29 is 14.3 Å². The number of rotatable bonds is 4. The summed E-state index contributed by atoms with van der Waals surface area (Å²) in [5, 5.41) is 4.39. The zero-order valence-corrected chi connectivity index (χ0v) is 14.3. The highest BCUT2D eigenvalue weighted by molar-refractivity contribution is 5.87. The number of aryl methyl sites for hydroxylation is 1. The Morgan fingerprint density at radius 3 is 2.59 bits per heavy atom. The lowest BCUT2D eigenvalue weighted by Crippen LogP contribution is -2.41. The van der Waals surface area contributed by atoms with Crippen LogP contribution in [0.1, 0.15) is 43.9 Å². The van der Waals surface area contributed by atoms with Crippen LogP contribution in [0, 0.1) is 6.92 Å². The Morgan fingerprint density at radius 2 is 2.05 bits per heavy atom. The normalized spacial score (nSPS) is 18.2. The first-order valence-corrected chi connectivity index (χ1v) is 7.85. The Kier molecular flexibility index (Phi) is 5.24. The van der Waals surface area contributed by atoms with Crippen LogP contribution in [0.3, 0.4) is 0 Å². The second-order valence-electron chi connectivity index (χ2n) is 6.88. The average Bonchev–Trinajstić information content (AvgIpc) is 2.82. The lowest BCUT2D eigenvalue weighted by atomic mass is 10.1. The molecule has 0 unspecified atom stereocenters. The molecular weight excluding hydrogens is 282 g/mol. The van der Waals surface area contributed by atoms with E-state index in [4.69, 9.17) is 9.47 Å². The monoisotopic (exact) mass is 309 g/mol. The van der Waals surface area contributed by atoms with Crippen LogP contribution in [0.4, 0.5) is 0 Å². The number of morpholine rings is 1. The van der Waals surface area contributed by atoms with Gasteiger partial charge in [-0.2, -0.15) is 5.10 Å². The van der Waals surface area contributed by atoms with Crippen molar-refractivity contribution in [3.63, 3.8) is 0 Å². The van der Waals surface area contributed by atoms with Crippen LogP contribution in [0.5, 0.6) is 0 Å². The molecule has 0 radical (unpaired) electrons. The summed E-state index contributed by atoms with van der Waals surface area (Å²) in [4.78, 5) is 14.5. The maximum Gasteiger partial charge on any atom is 0.359 e. The SMILES string of the molecule is Cc1cc(C(=O)O[C@H](C)CN2CCOCC2)nn1C(C)(C)C. The van der Waals surface area contributed by atoms with Gasteiger partial charge in [-0.15, -0.1) is 0 Å². The van der Waals surface area contributed by atoms with Gasteiger partial charge in [-0.1, -0.05) is 0 Å². The van der Waals surface area contributed by atoms with Gasteiger partial charge in [0.15, 0.2) is 5.69 Å². The van der Waals surface area contributed by atoms with Gasteiger partial charge in [0.1, 0.15) is 6.10 Å². The van der Waals surface area contributed by atoms with E-state index in [-0.39, 0.29) is 17.6 Å². The molecule has 0 spiro atoms. The van der Waals surface area contributed by atoms with Crippen LogP contribution in [0.2, 0.25) is 0 Å². The number of nitrogens with zero attached hydrogens (tertiary/aromatic N) is 3. The van der Waals surface area contributed by atoms with Crippen molar-refractivity contribution >= 4 is 5.97 Å². The molecule has 1 aromatic heterocycles. The Morgan fingerprint density at radius 1 is 1.41 bits per heavy atom. The predicted molar refractivity (Wildman–Crippen MR) is 84.1 cm³/mol. The molecular formula is C16H27N3O3. The van der Waals surface area contributed by atoms with Crippen molar-refractivity contribution in [1.29, 1.82) is 0 Å². The number of hydrogen-bond donors (Lipinski definition) is 0. The predicted octanol–water partition coefficient (Wildman–Crippen LogP) is 1.82. The second-order valence-corrected chi connectivity index (χ2v) is 6.88. The molecule has 1 saturated heterocycles. The molecule has 0 N–H and O–H groups in total. The quantitative estimate of drug-likeness (QED) is 0.794. The molecule has 6 nitrogen and oxygen atoms in total. The molecule has 1 aliphatic heterocycles. The number of hydrogen-bond acceptors (Lipinski definition) is 5. The molecule has 6 heteroatoms. The van der Waals surface area contributed by atoms with E-state index in [2.05, 4.69) is 30.8 Å². The lowest BCUT2D eigenvalue weighted by molar-refractivity contribution is 0.0000458. The molecule has 0 amide bonds. The van der Waals surface area contributed by atoms with Gasteiger partial charge >= 0.3 is 5.97 Å². The summed E-state index contributed by atoms with van der Waals surface area (Å²) in [7, 11) is 0. The topological polar surface area (TPSA) is 56.6 Å². The summed E-state index contributed by atoms with van der Waals surface area (Å²) in [5.74, 6) is -0.355. The second kappa shape index (κ2) is 6.79. The Balaban J connectivity index is 1.94. The minimum absolute atomic E-state index is 0.151. The van der Waals surface area contributed by atoms with Crippen molar-refractivity contribution in [1.82, 2.24) is 14.7 Å². The number of carbonyl (C=O) groups is 1. The number of aromatic nitrogens is 2. The number of carbonyl (C=O) groups excluding carboxylic acids is 1. The first-order chi connectivity index (χ1) is 10.3. The summed E-state index contributed by atoms with van der Waals surface area (Å²) in [6, 6.07) is 1.79. The van der Waals surface area contributed by atoms with Crippen LogP contribution in [-0.2, 0) is 15.0 Å². The van der Waals surface area contributed by atoms with Crippen molar-refractivity contribution in [2.75, 3.05) is 32.8 Å². The standard InChI is InChI=1S/C16H27N3O3/c1-12-10-14(17-19(12)16(3,4)5)15(20)22-13(2)11-18-6-8-21-9-7-18/h10,13H,6-9,11H2,1-5H3/t13-/m1/s1. The van der Waals surface area contributed by atoms with Gasteiger partial charge in [0.2, 0.25) is 0 Å². The Hall–Kier alpha value is -1.40. The summed E-state index contributed by atoms with van der Waals surface area (Å²) in [6.45, 7) is 14.0. The minimum Gasteiger partial charge on any atom is -0.457 e. The fourth-order valence-electron chi connectivity index (χ4n) is 2.68. The van der Waals surface area contributed by atoms with Gasteiger partial charge in [0.05, 0.1) is 18.8 Å². The average molecular weight is 309 g/mol. The first-order valence-electron chi connectivity index (χ1n) is 7.85. The van der Waals surface area contributed by atoms with Crippen molar-refractivity contribution in [2.24, 2.45) is 0 Å². The summed E-state index contributed by atoms with van der Waals surface area (Å²) >= 11 is 0. The summed E-state index contributed by atoms with van der Waals surface area (Å²) in [5.41, 5.74) is 1.18. The minimum atomic E-state index is -0.355. The van der Waals surface area contributed by atoms with E-state index in [0.717, 1.165) is 38.5 Å². The zero-order valence-electron chi connectivity index (χ0n) is 14.3. The number of ether oxygens (including phenoxy) is 2. The van der Waals surface area contributed by atoms with Gasteiger partial charge in [0.25, 0.3) is 0 Å². The molecule has 1 atom stereocenters. The van der Waals surface area contributed by atoms with E-state index in [1.165, 1.54) is 0 Å². The van der Waals surface area contributed by atoms with Gasteiger partial charge in [0, 0.05) is 25.3 Å². The highest BCUT2D eigenvalue weighted by Crippen LogP contribution is 2.17. The van der Waals surface area contributed by atoms with Crippen LogP contribution < -0.4 is 0 Å². The van der Waals surface area contributed by atoms with E-state index < -0.39 is 0 Å². The van der Waals surface area contributed by atoms with Crippen LogP contribution >= 0.6 is 0 Å². The molecule has 2 heterocycles. The van der Waals surface area contributed by atoms with E-state index in [0.29, 0.717) is 5.69 Å². The van der Waals surface area contributed by atoms with E-state index >= 15 is 0 Å². The Bertz CT molecular complexity index is 513. The largest absolute Gasteiger partial charge is 0.457 e. The molecule has 2 rings (SSSR count). The Labute approximate surface area is 132 Å². The molecule has 124 valence electrons. The van der Waals surface area contributed by atoms with Crippen LogP contribution in [0.15, 0.2) is 6.07 Å². The first kappa shape index (κ1) is 17.0. The molecule has 1 aliphatic rings. The highest BCUT2D eigenvalue weighted by atomic mass is 16.5. The maximum absolute atomic E-state index is 12.2. The van der Waals surface area contributed by atoms with Crippen LogP contribution in [0.25, 0.3) is 0 Å². The molecule has 0 saturated carbocycles. The fourth-order valence-corrected chi connectivity index (χ4v) is 2.68. The van der Waals surface area contributed by atoms with Gasteiger partial charge < -0.3 is 9.47 Å². The molecule has 1 fully saturated rings. The van der Waals surface area contributed by atoms with Gasteiger partial charge in [-0.25, -0.2) is 4.79 Å². The molecule has 1 aromatic rings. The third-order valence-corrected chi connectivity index (χ3v) is 3.66.